The molecule has 1 atom stereocenters. The predicted molar refractivity (Wildman–Crippen MR) is 70.4 cm³/mol. The molecule has 1 saturated heterocycles. The molecule has 1 aliphatic heterocycles. The van der Waals surface area contributed by atoms with E-state index in [0.29, 0.717) is 25.6 Å². The second-order valence-electron chi connectivity index (χ2n) is 4.48. The summed E-state index contributed by atoms with van der Waals surface area (Å²) < 4.78 is 5.29. The number of carbonyl (C=O) groups is 1. The molecule has 19 heavy (non-hydrogen) atoms. The first kappa shape index (κ1) is 13.5. The maximum Gasteiger partial charge on any atom is 0.308 e. The van der Waals surface area contributed by atoms with Crippen molar-refractivity contribution in [2.24, 2.45) is 5.92 Å². The number of hydrogen-bond donors (Lipinski definition) is 2. The van der Waals surface area contributed by atoms with Gasteiger partial charge in [-0.05, 0) is 0 Å². The average Bonchev–Trinajstić information content (AvgIpc) is 2.46. The van der Waals surface area contributed by atoms with Crippen molar-refractivity contribution in [1.29, 1.82) is 0 Å². The highest BCUT2D eigenvalue weighted by molar-refractivity contribution is 5.70. The van der Waals surface area contributed by atoms with Crippen LogP contribution < -0.4 is 10.2 Å². The van der Waals surface area contributed by atoms with Crippen LogP contribution >= 0.6 is 0 Å². The van der Waals surface area contributed by atoms with Crippen molar-refractivity contribution in [3.63, 3.8) is 0 Å². The maximum atomic E-state index is 10.7. The lowest BCUT2D eigenvalue weighted by Crippen LogP contribution is -2.36. The van der Waals surface area contributed by atoms with Crippen LogP contribution in [0.1, 0.15) is 6.92 Å². The molecule has 0 bridgehead atoms. The molecule has 104 valence electrons. The summed E-state index contributed by atoms with van der Waals surface area (Å²) in [7, 11) is 0. The van der Waals surface area contributed by atoms with Crippen molar-refractivity contribution in [2.45, 2.75) is 6.92 Å². The predicted octanol–water partition coefficient (Wildman–Crippen LogP) is 0.446. The summed E-state index contributed by atoms with van der Waals surface area (Å²) in [4.78, 5) is 21.2. The van der Waals surface area contributed by atoms with Gasteiger partial charge in [0.05, 0.1) is 19.1 Å². The van der Waals surface area contributed by atoms with Crippen molar-refractivity contribution in [2.75, 3.05) is 43.1 Å². The van der Waals surface area contributed by atoms with Gasteiger partial charge in [-0.15, -0.1) is 0 Å². The second-order valence-corrected chi connectivity index (χ2v) is 4.48. The molecule has 0 radical (unpaired) electrons. The van der Waals surface area contributed by atoms with Crippen LogP contribution in [0, 0.1) is 5.92 Å². The molecule has 1 unspecified atom stereocenters. The minimum Gasteiger partial charge on any atom is -0.481 e. The van der Waals surface area contributed by atoms with Crippen LogP contribution in [0.15, 0.2) is 12.4 Å². The Morgan fingerprint density at radius 1 is 1.53 bits per heavy atom. The summed E-state index contributed by atoms with van der Waals surface area (Å²) >= 11 is 0. The number of carboxylic acids is 1. The van der Waals surface area contributed by atoms with Gasteiger partial charge in [0.2, 0.25) is 0 Å². The van der Waals surface area contributed by atoms with Crippen LogP contribution in [0.25, 0.3) is 0 Å². The minimum atomic E-state index is -0.824. The van der Waals surface area contributed by atoms with Crippen molar-refractivity contribution in [3.8, 4) is 0 Å². The Labute approximate surface area is 111 Å². The van der Waals surface area contributed by atoms with Gasteiger partial charge in [-0.3, -0.25) is 4.79 Å². The van der Waals surface area contributed by atoms with Gasteiger partial charge in [-0.2, -0.15) is 0 Å². The van der Waals surface area contributed by atoms with E-state index in [9.17, 15) is 4.79 Å². The molecular formula is C12H18N4O3. The van der Waals surface area contributed by atoms with Gasteiger partial charge in [-0.1, -0.05) is 6.92 Å². The summed E-state index contributed by atoms with van der Waals surface area (Å²) in [5.41, 5.74) is 0. The van der Waals surface area contributed by atoms with Gasteiger partial charge in [0, 0.05) is 25.7 Å². The fourth-order valence-electron chi connectivity index (χ4n) is 1.75. The van der Waals surface area contributed by atoms with E-state index in [1.807, 2.05) is 6.07 Å². The van der Waals surface area contributed by atoms with E-state index >= 15 is 0 Å². The molecule has 2 N–H and O–H groups in total. The summed E-state index contributed by atoms with van der Waals surface area (Å²) in [5, 5.41) is 11.8. The molecular weight excluding hydrogens is 248 g/mol. The Balaban J connectivity index is 1.96. The molecule has 0 aromatic carbocycles. The fourth-order valence-corrected chi connectivity index (χ4v) is 1.75. The zero-order valence-corrected chi connectivity index (χ0v) is 10.9. The van der Waals surface area contributed by atoms with Crippen LogP contribution in [0.4, 0.5) is 11.6 Å². The molecule has 1 aromatic heterocycles. The van der Waals surface area contributed by atoms with Crippen LogP contribution in [0.2, 0.25) is 0 Å². The number of rotatable bonds is 5. The van der Waals surface area contributed by atoms with Crippen molar-refractivity contribution < 1.29 is 14.6 Å². The normalized spacial score (nSPS) is 17.0. The lowest BCUT2D eigenvalue weighted by Gasteiger charge is -2.27. The first-order valence-electron chi connectivity index (χ1n) is 6.28. The molecule has 0 amide bonds. The number of anilines is 2. The van der Waals surface area contributed by atoms with Gasteiger partial charge in [0.1, 0.15) is 18.0 Å². The van der Waals surface area contributed by atoms with Crippen molar-refractivity contribution in [3.05, 3.63) is 12.4 Å². The molecule has 0 spiro atoms. The summed E-state index contributed by atoms with van der Waals surface area (Å²) in [6, 6.07) is 1.83. The van der Waals surface area contributed by atoms with Crippen LogP contribution in [-0.4, -0.2) is 53.9 Å². The largest absolute Gasteiger partial charge is 0.481 e. The zero-order valence-electron chi connectivity index (χ0n) is 10.9. The third-order valence-electron chi connectivity index (χ3n) is 3.00. The number of nitrogens with one attached hydrogen (secondary N) is 1. The molecule has 0 aliphatic carbocycles. The molecule has 7 heteroatoms. The van der Waals surface area contributed by atoms with Crippen molar-refractivity contribution in [1.82, 2.24) is 9.97 Å². The summed E-state index contributed by atoms with van der Waals surface area (Å²) in [6.07, 6.45) is 1.48. The fraction of sp³-hybridized carbons (Fsp3) is 0.583. The first-order valence-corrected chi connectivity index (χ1v) is 6.28. The molecule has 1 aliphatic rings. The molecule has 1 fully saturated rings. The smallest absolute Gasteiger partial charge is 0.308 e. The van der Waals surface area contributed by atoms with Gasteiger partial charge in [0.25, 0.3) is 0 Å². The maximum absolute atomic E-state index is 10.7. The number of morpholine rings is 1. The second kappa shape index (κ2) is 6.33. The van der Waals surface area contributed by atoms with E-state index in [1.54, 1.807) is 6.92 Å². The van der Waals surface area contributed by atoms with E-state index in [-0.39, 0.29) is 0 Å². The highest BCUT2D eigenvalue weighted by Gasteiger charge is 2.14. The van der Waals surface area contributed by atoms with E-state index < -0.39 is 11.9 Å². The lowest BCUT2D eigenvalue weighted by molar-refractivity contribution is -0.140. The van der Waals surface area contributed by atoms with Crippen molar-refractivity contribution >= 4 is 17.6 Å². The van der Waals surface area contributed by atoms with E-state index in [4.69, 9.17) is 9.84 Å². The number of aliphatic carboxylic acids is 1. The molecule has 2 rings (SSSR count). The Morgan fingerprint density at radius 3 is 2.95 bits per heavy atom. The topological polar surface area (TPSA) is 87.6 Å². The Morgan fingerprint density at radius 2 is 2.26 bits per heavy atom. The van der Waals surface area contributed by atoms with E-state index in [1.165, 1.54) is 6.33 Å². The average molecular weight is 266 g/mol. The van der Waals surface area contributed by atoms with Crippen LogP contribution in [0.3, 0.4) is 0 Å². The Kier molecular flexibility index (Phi) is 4.51. The standard InChI is InChI=1S/C12H18N4O3/c1-9(12(17)18)7-13-10-6-11(15-8-14-10)16-2-4-19-5-3-16/h6,8-9H,2-5,7H2,1H3,(H,17,18)(H,13,14,15). The Bertz CT molecular complexity index is 435. The summed E-state index contributed by atoms with van der Waals surface area (Å²) in [6.45, 7) is 5.00. The van der Waals surface area contributed by atoms with Crippen LogP contribution in [-0.2, 0) is 9.53 Å². The monoisotopic (exact) mass is 266 g/mol. The van der Waals surface area contributed by atoms with E-state index in [0.717, 1.165) is 18.9 Å². The van der Waals surface area contributed by atoms with E-state index in [2.05, 4.69) is 20.2 Å². The number of carboxylic acid groups (broad SMARTS) is 1. The quantitative estimate of drug-likeness (QED) is 0.799. The molecule has 7 nitrogen and oxygen atoms in total. The number of hydrogen-bond acceptors (Lipinski definition) is 6. The van der Waals surface area contributed by atoms with Gasteiger partial charge in [0.15, 0.2) is 0 Å². The number of aromatic nitrogens is 2. The Hall–Kier alpha value is -1.89. The van der Waals surface area contributed by atoms with Crippen LogP contribution in [0.5, 0.6) is 0 Å². The minimum absolute atomic E-state index is 0.342. The SMILES string of the molecule is CC(CNc1cc(N2CCOCC2)ncn1)C(=O)O. The van der Waals surface area contributed by atoms with Gasteiger partial charge >= 0.3 is 5.97 Å². The molecule has 1 aromatic rings. The lowest BCUT2D eigenvalue weighted by atomic mass is 10.2. The first-order chi connectivity index (χ1) is 9.16. The molecule has 0 saturated carbocycles. The third-order valence-corrected chi connectivity index (χ3v) is 3.00. The summed E-state index contributed by atoms with van der Waals surface area (Å²) in [5.74, 6) is 0.199. The van der Waals surface area contributed by atoms with Gasteiger partial charge in [-0.25, -0.2) is 9.97 Å². The number of nitrogens with zero attached hydrogens (tertiary/aromatic N) is 3. The highest BCUT2D eigenvalue weighted by Crippen LogP contribution is 2.15. The highest BCUT2D eigenvalue weighted by atomic mass is 16.5. The number of ether oxygens (including phenoxy) is 1. The molecule has 2 heterocycles. The van der Waals surface area contributed by atoms with Gasteiger partial charge < -0.3 is 20.1 Å². The zero-order chi connectivity index (χ0) is 13.7. The third kappa shape index (κ3) is 3.78.